The molecule has 0 aromatic heterocycles. The van der Waals surface area contributed by atoms with E-state index in [1.807, 2.05) is 0 Å². The molecule has 14 heteroatoms. The third-order valence-corrected chi connectivity index (χ3v) is 7.93. The van der Waals surface area contributed by atoms with E-state index in [0.717, 1.165) is 13.0 Å². The minimum Gasteiger partial charge on any atom is -0.467 e. The van der Waals surface area contributed by atoms with Gasteiger partial charge in [0.1, 0.15) is 6.61 Å². The van der Waals surface area contributed by atoms with Crippen molar-refractivity contribution in [1.29, 1.82) is 0 Å². The van der Waals surface area contributed by atoms with Crippen LogP contribution in [0.4, 0.5) is 0 Å². The molecule has 0 saturated carbocycles. The molecule has 0 amide bonds. The molecule has 324 valence electrons. The summed E-state index contributed by atoms with van der Waals surface area (Å²) in [7, 11) is 1.32. The number of methoxy groups -OCH3 is 1. The summed E-state index contributed by atoms with van der Waals surface area (Å²) in [5, 5.41) is 0. The van der Waals surface area contributed by atoms with Gasteiger partial charge in [-0.25, -0.2) is 4.79 Å². The molecule has 0 rings (SSSR count). The molecule has 0 aliphatic heterocycles. The monoisotopic (exact) mass is 785 g/mol. The Bertz CT molecular complexity index is 691. The number of rotatable bonds is 49. The van der Waals surface area contributed by atoms with Gasteiger partial charge < -0.3 is 61.6 Å². The number of hydrogen-bond donors (Lipinski definition) is 0. The molecular formula is C40H80O14. The van der Waals surface area contributed by atoms with Crippen LogP contribution in [0.2, 0.25) is 0 Å². The molecule has 0 N–H and O–H groups in total. The predicted molar refractivity (Wildman–Crippen MR) is 208 cm³/mol. The molecule has 0 fully saturated rings. The molecule has 14 nitrogen and oxygen atoms in total. The summed E-state index contributed by atoms with van der Waals surface area (Å²) in [5.74, 6) is -0.406. The van der Waals surface area contributed by atoms with Gasteiger partial charge in [0.05, 0.1) is 152 Å². The second-order valence-corrected chi connectivity index (χ2v) is 12.6. The zero-order valence-electron chi connectivity index (χ0n) is 34.4. The van der Waals surface area contributed by atoms with E-state index in [9.17, 15) is 4.79 Å². The van der Waals surface area contributed by atoms with E-state index >= 15 is 0 Å². The van der Waals surface area contributed by atoms with Gasteiger partial charge in [0.2, 0.25) is 0 Å². The topological polar surface area (TPSA) is 137 Å². The Balaban J connectivity index is 3.06. The van der Waals surface area contributed by atoms with E-state index in [2.05, 4.69) is 11.7 Å². The lowest BCUT2D eigenvalue weighted by Gasteiger charge is -2.09. The van der Waals surface area contributed by atoms with Crippen molar-refractivity contribution in [1.82, 2.24) is 0 Å². The smallest absolute Gasteiger partial charge is 0.331 e. The summed E-state index contributed by atoms with van der Waals surface area (Å²) in [4.78, 5) is 10.9. The van der Waals surface area contributed by atoms with Gasteiger partial charge in [0.15, 0.2) is 0 Å². The number of hydrogen-bond acceptors (Lipinski definition) is 14. The number of carbonyl (C=O) groups is 1. The average Bonchev–Trinajstić information content (AvgIpc) is 3.18. The van der Waals surface area contributed by atoms with Gasteiger partial charge in [0, 0.05) is 6.61 Å². The van der Waals surface area contributed by atoms with Crippen LogP contribution in [0.3, 0.4) is 0 Å². The molecule has 0 unspecified atom stereocenters. The highest BCUT2D eigenvalue weighted by Crippen LogP contribution is 2.12. The van der Waals surface area contributed by atoms with Crippen LogP contribution in [0, 0.1) is 0 Å². The summed E-state index contributed by atoms with van der Waals surface area (Å²) < 4.78 is 70.0. The van der Waals surface area contributed by atoms with Crippen molar-refractivity contribution in [3.63, 3.8) is 0 Å². The first-order valence-corrected chi connectivity index (χ1v) is 20.8. The van der Waals surface area contributed by atoms with Crippen LogP contribution in [0.5, 0.6) is 0 Å². The first kappa shape index (κ1) is 53.0. The van der Waals surface area contributed by atoms with E-state index in [-0.39, 0.29) is 6.61 Å². The maximum Gasteiger partial charge on any atom is 0.331 e. The van der Waals surface area contributed by atoms with Gasteiger partial charge in [-0.3, -0.25) is 0 Å². The summed E-state index contributed by atoms with van der Waals surface area (Å²) in [5.41, 5.74) is 0. The molecule has 0 aromatic carbocycles. The predicted octanol–water partition coefficient (Wildman–Crippen LogP) is 5.45. The largest absolute Gasteiger partial charge is 0.467 e. The molecule has 0 heterocycles. The Morgan fingerprint density at radius 2 is 0.481 bits per heavy atom. The highest BCUT2D eigenvalue weighted by atomic mass is 16.6. The Morgan fingerprint density at radius 1 is 0.278 bits per heavy atom. The molecule has 0 aromatic rings. The van der Waals surface area contributed by atoms with Crippen LogP contribution in [0.25, 0.3) is 0 Å². The first-order chi connectivity index (χ1) is 26.8. The zero-order chi connectivity index (χ0) is 38.9. The van der Waals surface area contributed by atoms with Gasteiger partial charge >= 0.3 is 5.97 Å². The Kier molecular flexibility index (Phi) is 49.1. The van der Waals surface area contributed by atoms with Crippen molar-refractivity contribution in [3.05, 3.63) is 0 Å². The van der Waals surface area contributed by atoms with Gasteiger partial charge in [-0.05, 0) is 6.42 Å². The zero-order valence-corrected chi connectivity index (χ0v) is 34.4. The van der Waals surface area contributed by atoms with Crippen molar-refractivity contribution in [2.24, 2.45) is 0 Å². The highest BCUT2D eigenvalue weighted by Gasteiger charge is 2.00. The van der Waals surface area contributed by atoms with E-state index in [0.29, 0.717) is 145 Å². The molecule has 0 atom stereocenters. The lowest BCUT2D eigenvalue weighted by Crippen LogP contribution is -2.16. The Labute approximate surface area is 328 Å². The molecule has 54 heavy (non-hydrogen) atoms. The molecule has 0 saturated heterocycles. The summed E-state index contributed by atoms with van der Waals surface area (Å²) in [6, 6.07) is 0. The maximum absolute atomic E-state index is 10.9. The fraction of sp³-hybridized carbons (Fsp3) is 0.975. The van der Waals surface area contributed by atoms with Crippen molar-refractivity contribution in [2.75, 3.05) is 166 Å². The van der Waals surface area contributed by atoms with Gasteiger partial charge in [-0.15, -0.1) is 0 Å². The fourth-order valence-corrected chi connectivity index (χ4v) is 4.86. The third kappa shape index (κ3) is 49.0. The van der Waals surface area contributed by atoms with E-state index in [4.69, 9.17) is 56.8 Å². The minimum atomic E-state index is -0.406. The van der Waals surface area contributed by atoms with E-state index in [1.165, 1.54) is 84.2 Å². The SMILES string of the molecule is CCCCCCCCCCCCCCCOCCOCCOCCOCCOCCOCCOCCOCCOCCOCCOCCOCC(=O)OC. The van der Waals surface area contributed by atoms with Crippen molar-refractivity contribution in [2.45, 2.75) is 90.4 Å². The van der Waals surface area contributed by atoms with Gasteiger partial charge in [-0.1, -0.05) is 84.0 Å². The van der Waals surface area contributed by atoms with Crippen molar-refractivity contribution >= 4 is 5.97 Å². The summed E-state index contributed by atoms with van der Waals surface area (Å²) >= 11 is 0. The second-order valence-electron chi connectivity index (χ2n) is 12.6. The average molecular weight is 785 g/mol. The van der Waals surface area contributed by atoms with Gasteiger partial charge in [-0.2, -0.15) is 0 Å². The maximum atomic E-state index is 10.9. The Morgan fingerprint density at radius 3 is 0.722 bits per heavy atom. The fourth-order valence-electron chi connectivity index (χ4n) is 4.86. The molecule has 0 aliphatic carbocycles. The summed E-state index contributed by atoms with van der Waals surface area (Å²) in [6.07, 6.45) is 17.7. The number of unbranched alkanes of at least 4 members (excludes halogenated alkanes) is 12. The molecule has 0 radical (unpaired) electrons. The Hall–Kier alpha value is -1.01. The van der Waals surface area contributed by atoms with Crippen molar-refractivity contribution in [3.8, 4) is 0 Å². The molecular weight excluding hydrogens is 704 g/mol. The van der Waals surface area contributed by atoms with Gasteiger partial charge in [0.25, 0.3) is 0 Å². The second kappa shape index (κ2) is 50.0. The molecule has 0 aliphatic rings. The standard InChI is InChI=1S/C40H80O14/c1-3-4-5-6-7-8-9-10-11-12-13-14-15-16-43-17-18-44-19-20-45-21-22-46-23-24-47-25-26-48-27-28-49-29-30-50-31-32-51-33-34-52-35-36-53-37-38-54-39-40(41)42-2/h3-39H2,1-2H3. The third-order valence-electron chi connectivity index (χ3n) is 7.93. The first-order valence-electron chi connectivity index (χ1n) is 20.8. The quantitative estimate of drug-likeness (QED) is 0.0571. The van der Waals surface area contributed by atoms with Crippen LogP contribution >= 0.6 is 0 Å². The normalized spacial score (nSPS) is 11.5. The van der Waals surface area contributed by atoms with E-state index in [1.54, 1.807) is 0 Å². The van der Waals surface area contributed by atoms with Crippen LogP contribution in [0.1, 0.15) is 90.4 Å². The number of esters is 1. The number of carbonyl (C=O) groups excluding carboxylic acids is 1. The molecule has 0 bridgehead atoms. The lowest BCUT2D eigenvalue weighted by atomic mass is 10.0. The van der Waals surface area contributed by atoms with E-state index < -0.39 is 5.97 Å². The minimum absolute atomic E-state index is 0.0691. The number of ether oxygens (including phenoxy) is 13. The lowest BCUT2D eigenvalue weighted by molar-refractivity contribution is -0.146. The van der Waals surface area contributed by atoms with Crippen LogP contribution in [-0.4, -0.2) is 172 Å². The van der Waals surface area contributed by atoms with Crippen LogP contribution in [-0.2, 0) is 66.4 Å². The highest BCUT2D eigenvalue weighted by molar-refractivity contribution is 5.70. The van der Waals surface area contributed by atoms with Crippen LogP contribution < -0.4 is 0 Å². The summed E-state index contributed by atoms with van der Waals surface area (Å²) in [6.45, 7) is 14.1. The van der Waals surface area contributed by atoms with Crippen LogP contribution in [0.15, 0.2) is 0 Å². The van der Waals surface area contributed by atoms with Crippen molar-refractivity contribution < 1.29 is 66.4 Å². The molecule has 0 spiro atoms.